The molecule has 27 heavy (non-hydrogen) atoms. The largest absolute Gasteiger partial charge is 0.457 e. The van der Waals surface area contributed by atoms with Gasteiger partial charge < -0.3 is 9.30 Å². The van der Waals surface area contributed by atoms with E-state index in [1.807, 2.05) is 67.9 Å². The number of rotatable bonds is 6. The van der Waals surface area contributed by atoms with E-state index < -0.39 is 5.97 Å². The van der Waals surface area contributed by atoms with Crippen LogP contribution in [0.15, 0.2) is 47.4 Å². The number of aromatic nitrogens is 1. The monoisotopic (exact) mass is 401 g/mol. The third-order valence-electron chi connectivity index (χ3n) is 4.60. The van der Waals surface area contributed by atoms with Gasteiger partial charge in [-0.25, -0.2) is 0 Å². The molecule has 0 saturated carbocycles. The predicted molar refractivity (Wildman–Crippen MR) is 110 cm³/mol. The highest BCUT2D eigenvalue weighted by atomic mass is 35.5. The van der Waals surface area contributed by atoms with Crippen LogP contribution >= 0.6 is 23.4 Å². The molecule has 0 saturated heterocycles. The molecule has 0 radical (unpaired) electrons. The third kappa shape index (κ3) is 4.20. The molecule has 1 heterocycles. The van der Waals surface area contributed by atoms with Gasteiger partial charge in [0.2, 0.25) is 5.78 Å². The molecule has 0 spiro atoms. The Hall–Kier alpha value is -2.24. The molecule has 1 aromatic heterocycles. The van der Waals surface area contributed by atoms with Crippen molar-refractivity contribution in [2.24, 2.45) is 7.05 Å². The number of nitrogens with zero attached hydrogens (tertiary/aromatic N) is 1. The summed E-state index contributed by atoms with van der Waals surface area (Å²) in [6.45, 7) is 3.56. The van der Waals surface area contributed by atoms with Crippen molar-refractivity contribution in [2.45, 2.75) is 18.7 Å². The second-order valence-corrected chi connectivity index (χ2v) is 7.73. The van der Waals surface area contributed by atoms with E-state index in [0.29, 0.717) is 10.6 Å². The number of aryl methyl sites for hydroxylation is 1. The fourth-order valence-electron chi connectivity index (χ4n) is 2.92. The standard InChI is InChI=1S/C21H20ClNO3S/c1-13-10-16(14(2)23(13)3)18(24)11-26-20(25)12-27-19-9-5-7-15-6-4-8-17(22)21(15)19/h4-10H,11-12H2,1-3H3. The maximum Gasteiger partial charge on any atom is 0.316 e. The second kappa shape index (κ2) is 8.19. The van der Waals surface area contributed by atoms with Gasteiger partial charge in [-0.1, -0.05) is 35.9 Å². The Morgan fingerprint density at radius 1 is 1.15 bits per heavy atom. The maximum atomic E-state index is 12.3. The fourth-order valence-corrected chi connectivity index (χ4v) is 4.17. The highest BCUT2D eigenvalue weighted by Crippen LogP contribution is 2.33. The molecular formula is C21H20ClNO3S. The maximum absolute atomic E-state index is 12.3. The van der Waals surface area contributed by atoms with Crippen LogP contribution in [0.4, 0.5) is 0 Å². The first kappa shape index (κ1) is 19.5. The Balaban J connectivity index is 1.61. The van der Waals surface area contributed by atoms with Crippen LogP contribution in [-0.2, 0) is 16.6 Å². The number of Topliss-reactive ketones (excluding diaryl/α,β-unsaturated/α-hetero) is 1. The third-order valence-corrected chi connectivity index (χ3v) is 5.95. The summed E-state index contributed by atoms with van der Waals surface area (Å²) < 4.78 is 7.11. The highest BCUT2D eigenvalue weighted by Gasteiger charge is 2.16. The summed E-state index contributed by atoms with van der Waals surface area (Å²) in [7, 11) is 1.90. The lowest BCUT2D eigenvalue weighted by atomic mass is 10.1. The first-order chi connectivity index (χ1) is 12.9. The van der Waals surface area contributed by atoms with E-state index >= 15 is 0 Å². The molecule has 0 N–H and O–H groups in total. The molecule has 0 aliphatic heterocycles. The van der Waals surface area contributed by atoms with E-state index in [1.54, 1.807) is 0 Å². The van der Waals surface area contributed by atoms with Crippen molar-refractivity contribution >= 4 is 45.9 Å². The molecule has 4 nitrogen and oxygen atoms in total. The van der Waals surface area contributed by atoms with Crippen molar-refractivity contribution in [2.75, 3.05) is 12.4 Å². The quantitative estimate of drug-likeness (QED) is 0.332. The first-order valence-corrected chi connectivity index (χ1v) is 9.86. The number of halogens is 1. The van der Waals surface area contributed by atoms with Gasteiger partial charge in [-0.05, 0) is 37.4 Å². The molecule has 3 rings (SSSR count). The van der Waals surface area contributed by atoms with Crippen LogP contribution in [0, 0.1) is 13.8 Å². The number of benzene rings is 2. The van der Waals surface area contributed by atoms with E-state index in [4.69, 9.17) is 16.3 Å². The zero-order chi connectivity index (χ0) is 19.6. The van der Waals surface area contributed by atoms with E-state index in [-0.39, 0.29) is 18.1 Å². The summed E-state index contributed by atoms with van der Waals surface area (Å²) in [5.41, 5.74) is 2.45. The van der Waals surface area contributed by atoms with Gasteiger partial charge in [0.05, 0.1) is 5.75 Å². The average Bonchev–Trinajstić information content (AvgIpc) is 2.92. The van der Waals surface area contributed by atoms with Crippen LogP contribution in [0.3, 0.4) is 0 Å². The molecule has 2 aromatic carbocycles. The Kier molecular flexibility index (Phi) is 5.92. The van der Waals surface area contributed by atoms with Crippen LogP contribution in [0.5, 0.6) is 0 Å². The van der Waals surface area contributed by atoms with Gasteiger partial charge in [-0.3, -0.25) is 9.59 Å². The SMILES string of the molecule is Cc1cc(C(=O)COC(=O)CSc2cccc3cccc(Cl)c23)c(C)n1C. The molecule has 0 aliphatic carbocycles. The van der Waals surface area contributed by atoms with Crippen LogP contribution in [-0.4, -0.2) is 28.7 Å². The van der Waals surface area contributed by atoms with E-state index in [1.165, 1.54) is 11.8 Å². The van der Waals surface area contributed by atoms with Crippen molar-refractivity contribution < 1.29 is 14.3 Å². The summed E-state index contributed by atoms with van der Waals surface area (Å²) in [4.78, 5) is 25.3. The Morgan fingerprint density at radius 3 is 2.52 bits per heavy atom. The van der Waals surface area contributed by atoms with Crippen molar-refractivity contribution in [3.63, 3.8) is 0 Å². The van der Waals surface area contributed by atoms with Crippen LogP contribution < -0.4 is 0 Å². The Morgan fingerprint density at radius 2 is 1.85 bits per heavy atom. The molecule has 140 valence electrons. The Labute approximate surface area is 167 Å². The topological polar surface area (TPSA) is 48.3 Å². The van der Waals surface area contributed by atoms with E-state index in [9.17, 15) is 9.59 Å². The predicted octanol–water partition coefficient (Wildman–Crippen LogP) is 4.97. The number of ether oxygens (including phenoxy) is 1. The lowest BCUT2D eigenvalue weighted by Crippen LogP contribution is -2.16. The number of carbonyl (C=O) groups is 2. The molecule has 6 heteroatoms. The average molecular weight is 402 g/mol. The van der Waals surface area contributed by atoms with Gasteiger partial charge in [0.1, 0.15) is 0 Å². The van der Waals surface area contributed by atoms with Gasteiger partial charge in [0.15, 0.2) is 6.61 Å². The number of carbonyl (C=O) groups excluding carboxylic acids is 2. The van der Waals surface area contributed by atoms with Crippen molar-refractivity contribution in [1.29, 1.82) is 0 Å². The van der Waals surface area contributed by atoms with Gasteiger partial charge in [-0.2, -0.15) is 0 Å². The van der Waals surface area contributed by atoms with Crippen LogP contribution in [0.2, 0.25) is 5.02 Å². The van der Waals surface area contributed by atoms with Crippen molar-refractivity contribution in [3.05, 3.63) is 64.4 Å². The Bertz CT molecular complexity index is 1020. The number of ketones is 1. The summed E-state index contributed by atoms with van der Waals surface area (Å²) in [5, 5.41) is 2.59. The number of fused-ring (bicyclic) bond motifs is 1. The smallest absolute Gasteiger partial charge is 0.316 e. The summed E-state index contributed by atoms with van der Waals surface area (Å²) >= 11 is 7.66. The number of hydrogen-bond donors (Lipinski definition) is 0. The van der Waals surface area contributed by atoms with Crippen LogP contribution in [0.25, 0.3) is 10.8 Å². The van der Waals surface area contributed by atoms with E-state index in [2.05, 4.69) is 0 Å². The van der Waals surface area contributed by atoms with Gasteiger partial charge in [-0.15, -0.1) is 11.8 Å². The minimum atomic E-state index is -0.428. The zero-order valence-electron chi connectivity index (χ0n) is 15.4. The molecule has 0 amide bonds. The summed E-state index contributed by atoms with van der Waals surface area (Å²) in [5.74, 6) is -0.504. The van der Waals surface area contributed by atoms with Gasteiger partial charge >= 0.3 is 5.97 Å². The lowest BCUT2D eigenvalue weighted by molar-refractivity contribution is -0.139. The molecular weight excluding hydrogens is 382 g/mol. The number of hydrogen-bond acceptors (Lipinski definition) is 4. The number of thioether (sulfide) groups is 1. The highest BCUT2D eigenvalue weighted by molar-refractivity contribution is 8.00. The summed E-state index contributed by atoms with van der Waals surface area (Å²) in [6, 6.07) is 13.3. The van der Waals surface area contributed by atoms with E-state index in [0.717, 1.165) is 27.1 Å². The number of esters is 1. The summed E-state index contributed by atoms with van der Waals surface area (Å²) in [6.07, 6.45) is 0. The van der Waals surface area contributed by atoms with Gasteiger partial charge in [0, 0.05) is 39.3 Å². The minimum Gasteiger partial charge on any atom is -0.457 e. The molecule has 3 aromatic rings. The zero-order valence-corrected chi connectivity index (χ0v) is 17.0. The van der Waals surface area contributed by atoms with Crippen LogP contribution in [0.1, 0.15) is 21.7 Å². The molecule has 0 fully saturated rings. The normalized spacial score (nSPS) is 11.0. The molecule has 0 aliphatic rings. The van der Waals surface area contributed by atoms with Crippen molar-refractivity contribution in [3.8, 4) is 0 Å². The minimum absolute atomic E-state index is 0.115. The lowest BCUT2D eigenvalue weighted by Gasteiger charge is -2.08. The molecule has 0 bridgehead atoms. The van der Waals surface area contributed by atoms with Crippen molar-refractivity contribution in [1.82, 2.24) is 4.57 Å². The second-order valence-electron chi connectivity index (χ2n) is 6.31. The molecule has 0 atom stereocenters. The first-order valence-electron chi connectivity index (χ1n) is 8.50. The fraction of sp³-hybridized carbons (Fsp3) is 0.238. The molecule has 0 unspecified atom stereocenters. The van der Waals surface area contributed by atoms with Gasteiger partial charge in [0.25, 0.3) is 0 Å².